The molecule has 30 heavy (non-hydrogen) atoms. The van der Waals surface area contributed by atoms with Crippen molar-refractivity contribution < 1.29 is 18.9 Å². The topological polar surface area (TPSA) is 67.6 Å². The summed E-state index contributed by atoms with van der Waals surface area (Å²) in [7, 11) is 0. The molecule has 0 aliphatic rings. The molecule has 0 atom stereocenters. The Bertz CT molecular complexity index is 495. The van der Waals surface area contributed by atoms with Gasteiger partial charge in [-0.2, -0.15) is 0 Å². The van der Waals surface area contributed by atoms with E-state index in [2.05, 4.69) is 23.8 Å². The van der Waals surface area contributed by atoms with Gasteiger partial charge in [-0.25, -0.2) is 4.68 Å². The summed E-state index contributed by atoms with van der Waals surface area (Å²) in [5.74, 6) is 0. The maximum atomic E-state index is 5.57. The first kappa shape index (κ1) is 28.7. The highest BCUT2D eigenvalue weighted by molar-refractivity contribution is 4.92. The Morgan fingerprint density at radius 2 is 1.43 bits per heavy atom. The molecule has 0 unspecified atom stereocenters. The van der Waals surface area contributed by atoms with Gasteiger partial charge in [0.2, 0.25) is 0 Å². The zero-order chi connectivity index (χ0) is 22.3. The predicted molar refractivity (Wildman–Crippen MR) is 122 cm³/mol. The molecule has 0 aliphatic heterocycles. The van der Waals surface area contributed by atoms with E-state index < -0.39 is 0 Å². The standard InChI is InChI=1S/C21H39N3O4.C2H6/c1-4-5-6-7-8-21-19-24(23-22-21)10-12-26-14-16-28-18-17-27-15-13-25-11-9-20(2)3;1-2/h19H,2,4-18H2,1,3H3;1-2H3. The van der Waals surface area contributed by atoms with Gasteiger partial charge < -0.3 is 18.9 Å². The van der Waals surface area contributed by atoms with Crippen molar-refractivity contribution in [3.63, 3.8) is 0 Å². The maximum Gasteiger partial charge on any atom is 0.0827 e. The lowest BCUT2D eigenvalue weighted by molar-refractivity contribution is -0.00246. The smallest absolute Gasteiger partial charge is 0.0827 e. The number of nitrogens with zero attached hydrogens (tertiary/aromatic N) is 3. The van der Waals surface area contributed by atoms with Crippen molar-refractivity contribution in [2.24, 2.45) is 0 Å². The molecule has 0 bridgehead atoms. The predicted octanol–water partition coefficient (Wildman–Crippen LogP) is 4.46. The lowest BCUT2D eigenvalue weighted by Crippen LogP contribution is -2.13. The third kappa shape index (κ3) is 18.7. The van der Waals surface area contributed by atoms with Gasteiger partial charge in [-0.3, -0.25) is 0 Å². The quantitative estimate of drug-likeness (QED) is 0.226. The molecule has 1 heterocycles. The van der Waals surface area contributed by atoms with Crippen LogP contribution >= 0.6 is 0 Å². The molecule has 0 aromatic carbocycles. The molecular weight excluding hydrogens is 382 g/mol. The number of ether oxygens (including phenoxy) is 4. The highest BCUT2D eigenvalue weighted by atomic mass is 16.6. The average Bonchev–Trinajstić information content (AvgIpc) is 3.20. The molecule has 0 radical (unpaired) electrons. The number of hydrogen-bond acceptors (Lipinski definition) is 6. The monoisotopic (exact) mass is 427 g/mol. The van der Waals surface area contributed by atoms with Crippen LogP contribution in [0.2, 0.25) is 0 Å². The molecule has 0 spiro atoms. The van der Waals surface area contributed by atoms with Crippen molar-refractivity contribution in [3.05, 3.63) is 24.0 Å². The van der Waals surface area contributed by atoms with Crippen LogP contribution in [0.5, 0.6) is 0 Å². The lowest BCUT2D eigenvalue weighted by Gasteiger charge is -2.07. The minimum Gasteiger partial charge on any atom is -0.379 e. The first-order chi connectivity index (χ1) is 14.7. The maximum absolute atomic E-state index is 5.57. The number of hydrogen-bond donors (Lipinski definition) is 0. The Hall–Kier alpha value is -1.28. The van der Waals surface area contributed by atoms with Gasteiger partial charge in [0, 0.05) is 6.20 Å². The normalized spacial score (nSPS) is 10.7. The molecule has 7 heteroatoms. The summed E-state index contributed by atoms with van der Waals surface area (Å²) >= 11 is 0. The Balaban J connectivity index is 0.00000407. The third-order valence-corrected chi connectivity index (χ3v) is 4.13. The Labute approximate surface area is 184 Å². The van der Waals surface area contributed by atoms with Crippen LogP contribution < -0.4 is 0 Å². The van der Waals surface area contributed by atoms with E-state index in [1.54, 1.807) is 0 Å². The lowest BCUT2D eigenvalue weighted by atomic mass is 10.1. The van der Waals surface area contributed by atoms with Crippen molar-refractivity contribution in [2.45, 2.75) is 72.8 Å². The van der Waals surface area contributed by atoms with Crippen molar-refractivity contribution in [3.8, 4) is 0 Å². The highest BCUT2D eigenvalue weighted by Gasteiger charge is 2.01. The second-order valence-electron chi connectivity index (χ2n) is 6.94. The Morgan fingerprint density at radius 1 is 0.867 bits per heavy atom. The molecule has 0 saturated heterocycles. The number of aryl methyl sites for hydroxylation is 1. The molecule has 7 nitrogen and oxygen atoms in total. The molecule has 1 aromatic heterocycles. The van der Waals surface area contributed by atoms with Gasteiger partial charge >= 0.3 is 0 Å². The van der Waals surface area contributed by atoms with E-state index in [9.17, 15) is 0 Å². The molecule has 0 N–H and O–H groups in total. The summed E-state index contributed by atoms with van der Waals surface area (Å²) in [6.07, 6.45) is 8.93. The molecule has 0 fully saturated rings. The second kappa shape index (κ2) is 22.4. The zero-order valence-corrected chi connectivity index (χ0v) is 19.9. The number of unbranched alkanes of at least 4 members (excludes halogenated alkanes) is 3. The van der Waals surface area contributed by atoms with Crippen LogP contribution in [-0.2, 0) is 31.9 Å². The minimum atomic E-state index is 0.568. The van der Waals surface area contributed by atoms with E-state index >= 15 is 0 Å². The van der Waals surface area contributed by atoms with Crippen LogP contribution in [0.3, 0.4) is 0 Å². The van der Waals surface area contributed by atoms with Gasteiger partial charge in [-0.05, 0) is 26.2 Å². The van der Waals surface area contributed by atoms with E-state index in [1.807, 2.05) is 31.6 Å². The summed E-state index contributed by atoms with van der Waals surface area (Å²) in [6.45, 7) is 17.6. The molecular formula is C23H45N3O4. The Kier molecular flexibility index (Phi) is 21.5. The zero-order valence-electron chi connectivity index (χ0n) is 19.9. The first-order valence-electron chi connectivity index (χ1n) is 11.6. The number of rotatable bonds is 20. The fraction of sp³-hybridized carbons (Fsp3) is 0.826. The van der Waals surface area contributed by atoms with Gasteiger partial charge in [0.15, 0.2) is 0 Å². The van der Waals surface area contributed by atoms with Crippen LogP contribution in [0.4, 0.5) is 0 Å². The molecule has 176 valence electrons. The van der Waals surface area contributed by atoms with Crippen LogP contribution in [0.25, 0.3) is 0 Å². The molecule has 0 aliphatic carbocycles. The number of aromatic nitrogens is 3. The molecule has 1 aromatic rings. The van der Waals surface area contributed by atoms with Crippen molar-refractivity contribution in [1.29, 1.82) is 0 Å². The summed E-state index contributed by atoms with van der Waals surface area (Å²) in [5, 5.41) is 8.35. The third-order valence-electron chi connectivity index (χ3n) is 4.13. The van der Waals surface area contributed by atoms with E-state index in [1.165, 1.54) is 25.7 Å². The van der Waals surface area contributed by atoms with Crippen molar-refractivity contribution in [2.75, 3.05) is 52.9 Å². The fourth-order valence-corrected chi connectivity index (χ4v) is 2.46. The summed E-state index contributed by atoms with van der Waals surface area (Å²) in [5.41, 5.74) is 2.21. The SMILES string of the molecule is C=C(C)CCOCCOCCOCCOCCn1cc(CCCCCC)nn1.CC. The van der Waals surface area contributed by atoms with Gasteiger partial charge in [-0.15, -0.1) is 11.7 Å². The van der Waals surface area contributed by atoms with Crippen LogP contribution in [0, 0.1) is 0 Å². The largest absolute Gasteiger partial charge is 0.379 e. The second-order valence-corrected chi connectivity index (χ2v) is 6.94. The van der Waals surface area contributed by atoms with Gasteiger partial charge in [0.25, 0.3) is 0 Å². The molecule has 0 amide bonds. The summed E-state index contributed by atoms with van der Waals surface area (Å²) in [4.78, 5) is 0. The van der Waals surface area contributed by atoms with Crippen molar-refractivity contribution in [1.82, 2.24) is 15.0 Å². The highest BCUT2D eigenvalue weighted by Crippen LogP contribution is 2.05. The molecule has 1 rings (SSSR count). The average molecular weight is 428 g/mol. The van der Waals surface area contributed by atoms with E-state index in [-0.39, 0.29) is 0 Å². The van der Waals surface area contributed by atoms with Gasteiger partial charge in [0.05, 0.1) is 65.1 Å². The fourth-order valence-electron chi connectivity index (χ4n) is 2.46. The van der Waals surface area contributed by atoms with E-state index in [0.29, 0.717) is 52.9 Å². The van der Waals surface area contributed by atoms with Gasteiger partial charge in [0.1, 0.15) is 0 Å². The summed E-state index contributed by atoms with van der Waals surface area (Å²) < 4.78 is 23.8. The van der Waals surface area contributed by atoms with E-state index in [4.69, 9.17) is 18.9 Å². The Morgan fingerprint density at radius 3 is 2.00 bits per heavy atom. The van der Waals surface area contributed by atoms with Gasteiger partial charge in [-0.1, -0.05) is 50.8 Å². The first-order valence-corrected chi connectivity index (χ1v) is 11.6. The van der Waals surface area contributed by atoms with Crippen LogP contribution in [-0.4, -0.2) is 67.8 Å². The molecule has 0 saturated carbocycles. The van der Waals surface area contributed by atoms with Crippen LogP contribution in [0.1, 0.15) is 65.5 Å². The minimum absolute atomic E-state index is 0.568. The van der Waals surface area contributed by atoms with Crippen molar-refractivity contribution >= 4 is 0 Å². The van der Waals surface area contributed by atoms with E-state index in [0.717, 1.165) is 30.7 Å². The van der Waals surface area contributed by atoms with Crippen LogP contribution in [0.15, 0.2) is 18.3 Å². The summed E-state index contributed by atoms with van der Waals surface area (Å²) in [6, 6.07) is 0.